The molecule has 0 aliphatic rings. The van der Waals surface area contributed by atoms with Gasteiger partial charge in [0, 0.05) is 16.5 Å². The summed E-state index contributed by atoms with van der Waals surface area (Å²) in [6.45, 7) is 6.41. The van der Waals surface area contributed by atoms with Crippen LogP contribution in [0.25, 0.3) is 22.2 Å². The minimum Gasteiger partial charge on any atom is -0.354 e. The molecule has 1 heterocycles. The first-order chi connectivity index (χ1) is 10.1. The van der Waals surface area contributed by atoms with Gasteiger partial charge in [-0.05, 0) is 29.5 Å². The minimum atomic E-state index is 0.509. The number of para-hydroxylation sites is 1. The first-order valence-corrected chi connectivity index (χ1v) is 7.28. The lowest BCUT2D eigenvalue weighted by molar-refractivity contribution is 0.112. The molecular weight excluding hydrogens is 258 g/mol. The first kappa shape index (κ1) is 13.6. The summed E-state index contributed by atoms with van der Waals surface area (Å²) in [7, 11) is 0. The van der Waals surface area contributed by atoms with Crippen LogP contribution in [0.5, 0.6) is 0 Å². The molecule has 0 fully saturated rings. The molecule has 0 saturated heterocycles. The van der Waals surface area contributed by atoms with Crippen LogP contribution in [0.4, 0.5) is 0 Å². The lowest BCUT2D eigenvalue weighted by Gasteiger charge is -2.06. The Morgan fingerprint density at radius 3 is 2.38 bits per heavy atom. The quantitative estimate of drug-likeness (QED) is 0.665. The van der Waals surface area contributed by atoms with E-state index >= 15 is 0 Å². The van der Waals surface area contributed by atoms with E-state index in [4.69, 9.17) is 0 Å². The maximum Gasteiger partial charge on any atom is 0.152 e. The van der Waals surface area contributed by atoms with E-state index in [1.165, 1.54) is 5.56 Å². The molecule has 1 aromatic heterocycles. The molecule has 106 valence electrons. The molecule has 2 aromatic carbocycles. The average molecular weight is 277 g/mol. The highest BCUT2D eigenvalue weighted by molar-refractivity contribution is 6.05. The van der Waals surface area contributed by atoms with Crippen LogP contribution in [-0.4, -0.2) is 11.3 Å². The number of aromatic nitrogens is 1. The fourth-order valence-electron chi connectivity index (χ4n) is 2.77. The Morgan fingerprint density at radius 2 is 1.76 bits per heavy atom. The van der Waals surface area contributed by atoms with Gasteiger partial charge in [-0.15, -0.1) is 0 Å². The molecule has 21 heavy (non-hydrogen) atoms. The molecule has 1 N–H and O–H groups in total. The normalized spacial score (nSPS) is 11.2. The molecule has 0 aliphatic heterocycles. The number of nitrogens with one attached hydrogen (secondary N) is 1. The average Bonchev–Trinajstić information content (AvgIpc) is 2.87. The van der Waals surface area contributed by atoms with Crippen molar-refractivity contribution >= 4 is 17.2 Å². The topological polar surface area (TPSA) is 32.9 Å². The predicted octanol–water partition coefficient (Wildman–Crippen LogP) is 5.08. The highest BCUT2D eigenvalue weighted by Gasteiger charge is 2.13. The molecular formula is C19H19NO. The minimum absolute atomic E-state index is 0.509. The Balaban J connectivity index is 2.20. The van der Waals surface area contributed by atoms with Crippen molar-refractivity contribution in [3.8, 4) is 11.3 Å². The van der Waals surface area contributed by atoms with Crippen molar-refractivity contribution in [2.45, 2.75) is 26.7 Å². The highest BCUT2D eigenvalue weighted by atomic mass is 16.1. The van der Waals surface area contributed by atoms with E-state index in [9.17, 15) is 4.79 Å². The van der Waals surface area contributed by atoms with E-state index in [1.807, 2.05) is 12.1 Å². The fraction of sp³-hybridized carbons (Fsp3) is 0.211. The third-order valence-corrected chi connectivity index (χ3v) is 4.07. The van der Waals surface area contributed by atoms with Gasteiger partial charge < -0.3 is 4.98 Å². The van der Waals surface area contributed by atoms with E-state index in [2.05, 4.69) is 56.1 Å². The van der Waals surface area contributed by atoms with E-state index in [-0.39, 0.29) is 0 Å². The van der Waals surface area contributed by atoms with Gasteiger partial charge >= 0.3 is 0 Å². The maximum absolute atomic E-state index is 11.5. The molecule has 0 atom stereocenters. The third kappa shape index (κ3) is 2.27. The molecule has 0 radical (unpaired) electrons. The number of carbonyl (C=O) groups is 1. The number of hydrogen-bond acceptors (Lipinski definition) is 1. The van der Waals surface area contributed by atoms with Crippen LogP contribution in [0.3, 0.4) is 0 Å². The molecule has 0 aliphatic carbocycles. The van der Waals surface area contributed by atoms with Gasteiger partial charge in [0.05, 0.1) is 5.69 Å². The highest BCUT2D eigenvalue weighted by Crippen LogP contribution is 2.31. The van der Waals surface area contributed by atoms with Crippen LogP contribution in [0, 0.1) is 6.92 Å². The summed E-state index contributed by atoms with van der Waals surface area (Å²) in [4.78, 5) is 15.0. The number of fused-ring (bicyclic) bond motifs is 1. The SMILES string of the molecule is Cc1cccc2c(C=O)c(-c3ccc(C(C)C)cc3)[nH]c12. The number of aldehydes is 1. The molecule has 0 spiro atoms. The number of aromatic amines is 1. The zero-order valence-electron chi connectivity index (χ0n) is 12.6. The molecule has 2 heteroatoms. The van der Waals surface area contributed by atoms with Gasteiger partial charge in [-0.2, -0.15) is 0 Å². The van der Waals surface area contributed by atoms with E-state index < -0.39 is 0 Å². The van der Waals surface area contributed by atoms with Crippen LogP contribution in [-0.2, 0) is 0 Å². The van der Waals surface area contributed by atoms with Crippen molar-refractivity contribution in [2.75, 3.05) is 0 Å². The van der Waals surface area contributed by atoms with Crippen LogP contribution < -0.4 is 0 Å². The second kappa shape index (κ2) is 5.21. The summed E-state index contributed by atoms with van der Waals surface area (Å²) in [5.74, 6) is 0.509. The number of carbonyl (C=O) groups excluding carboxylic acids is 1. The second-order valence-electron chi connectivity index (χ2n) is 5.81. The van der Waals surface area contributed by atoms with Crippen molar-refractivity contribution in [1.29, 1.82) is 0 Å². The number of H-pyrrole nitrogens is 1. The molecule has 2 nitrogen and oxygen atoms in total. The lowest BCUT2D eigenvalue weighted by atomic mass is 9.99. The van der Waals surface area contributed by atoms with Crippen molar-refractivity contribution in [1.82, 2.24) is 4.98 Å². The Morgan fingerprint density at radius 1 is 1.05 bits per heavy atom. The lowest BCUT2D eigenvalue weighted by Crippen LogP contribution is -1.88. The van der Waals surface area contributed by atoms with Gasteiger partial charge in [-0.1, -0.05) is 56.3 Å². The van der Waals surface area contributed by atoms with Crippen molar-refractivity contribution in [3.63, 3.8) is 0 Å². The monoisotopic (exact) mass is 277 g/mol. The number of rotatable bonds is 3. The molecule has 0 saturated carbocycles. The van der Waals surface area contributed by atoms with Gasteiger partial charge in [-0.25, -0.2) is 0 Å². The largest absolute Gasteiger partial charge is 0.354 e. The molecule has 0 amide bonds. The van der Waals surface area contributed by atoms with Crippen LogP contribution in [0.15, 0.2) is 42.5 Å². The molecule has 3 rings (SSSR count). The predicted molar refractivity (Wildman–Crippen MR) is 87.9 cm³/mol. The second-order valence-corrected chi connectivity index (χ2v) is 5.81. The van der Waals surface area contributed by atoms with Gasteiger partial charge in [0.15, 0.2) is 6.29 Å². The number of aryl methyl sites for hydroxylation is 1. The summed E-state index contributed by atoms with van der Waals surface area (Å²) in [5, 5.41) is 0.993. The Bertz CT molecular complexity index is 794. The van der Waals surface area contributed by atoms with Crippen molar-refractivity contribution in [2.24, 2.45) is 0 Å². The smallest absolute Gasteiger partial charge is 0.152 e. The van der Waals surface area contributed by atoms with Gasteiger partial charge in [0.1, 0.15) is 0 Å². The molecule has 0 unspecified atom stereocenters. The summed E-state index contributed by atoms with van der Waals surface area (Å²) in [6, 6.07) is 14.5. The zero-order chi connectivity index (χ0) is 15.0. The van der Waals surface area contributed by atoms with Gasteiger partial charge in [-0.3, -0.25) is 4.79 Å². The van der Waals surface area contributed by atoms with Crippen LogP contribution in [0.2, 0.25) is 0 Å². The maximum atomic E-state index is 11.5. The van der Waals surface area contributed by atoms with E-state index in [0.717, 1.165) is 39.6 Å². The van der Waals surface area contributed by atoms with Crippen molar-refractivity contribution < 1.29 is 4.79 Å². The summed E-state index contributed by atoms with van der Waals surface area (Å²) in [5.41, 5.74) is 6.20. The Hall–Kier alpha value is -2.35. The van der Waals surface area contributed by atoms with E-state index in [0.29, 0.717) is 5.92 Å². The summed E-state index contributed by atoms with van der Waals surface area (Å²) < 4.78 is 0. The van der Waals surface area contributed by atoms with Gasteiger partial charge in [0.2, 0.25) is 0 Å². The van der Waals surface area contributed by atoms with E-state index in [1.54, 1.807) is 0 Å². The standard InChI is InChI=1S/C19H19NO/c1-12(2)14-7-9-15(10-8-14)19-17(11-21)16-6-4-5-13(3)18(16)20-19/h4-12,20H,1-3H3. The summed E-state index contributed by atoms with van der Waals surface area (Å²) >= 11 is 0. The Labute approximate surface area is 124 Å². The number of benzene rings is 2. The van der Waals surface area contributed by atoms with Gasteiger partial charge in [0.25, 0.3) is 0 Å². The molecule has 0 bridgehead atoms. The van der Waals surface area contributed by atoms with Crippen LogP contribution in [0.1, 0.15) is 41.3 Å². The molecule has 3 aromatic rings. The Kier molecular flexibility index (Phi) is 3.38. The first-order valence-electron chi connectivity index (χ1n) is 7.28. The zero-order valence-corrected chi connectivity index (χ0v) is 12.6. The summed E-state index contributed by atoms with van der Waals surface area (Å²) in [6.07, 6.45) is 0.948. The third-order valence-electron chi connectivity index (χ3n) is 4.07. The van der Waals surface area contributed by atoms with Crippen molar-refractivity contribution in [3.05, 3.63) is 59.2 Å². The van der Waals surface area contributed by atoms with Crippen LogP contribution >= 0.6 is 0 Å². The number of hydrogen-bond donors (Lipinski definition) is 1. The fourth-order valence-corrected chi connectivity index (χ4v) is 2.77.